The van der Waals surface area contributed by atoms with Crippen molar-refractivity contribution >= 4 is 29.3 Å². The summed E-state index contributed by atoms with van der Waals surface area (Å²) in [5.41, 5.74) is 0.748. The summed E-state index contributed by atoms with van der Waals surface area (Å²) in [6, 6.07) is 0. The molecule has 0 N–H and O–H groups in total. The SMILES string of the molecule is COC(=O)CC(C)=NCC=S. The van der Waals surface area contributed by atoms with Gasteiger partial charge in [-0.05, 0) is 6.92 Å². The predicted octanol–water partition coefficient (Wildman–Crippen LogP) is 1.01. The van der Waals surface area contributed by atoms with Crippen LogP contribution in [0.3, 0.4) is 0 Å². The first-order valence-corrected chi connectivity index (χ1v) is 3.68. The molecule has 0 atom stereocenters. The summed E-state index contributed by atoms with van der Waals surface area (Å²) in [7, 11) is 1.36. The van der Waals surface area contributed by atoms with Crippen molar-refractivity contribution in [2.24, 2.45) is 4.99 Å². The molecule has 0 aromatic rings. The van der Waals surface area contributed by atoms with Crippen molar-refractivity contribution < 1.29 is 9.53 Å². The maximum absolute atomic E-state index is 10.6. The van der Waals surface area contributed by atoms with Crippen LogP contribution in [0.1, 0.15) is 13.3 Å². The summed E-state index contributed by atoms with van der Waals surface area (Å²) in [5, 5.41) is 1.51. The average molecular weight is 173 g/mol. The van der Waals surface area contributed by atoms with Gasteiger partial charge in [0.05, 0.1) is 20.1 Å². The highest BCUT2D eigenvalue weighted by Gasteiger charge is 2.00. The lowest BCUT2D eigenvalue weighted by molar-refractivity contribution is -0.139. The Morgan fingerprint density at radius 2 is 2.36 bits per heavy atom. The first kappa shape index (κ1) is 10.2. The lowest BCUT2D eigenvalue weighted by atomic mass is 10.3. The normalized spacial score (nSPS) is 10.9. The third kappa shape index (κ3) is 5.66. The fourth-order valence-corrected chi connectivity index (χ4v) is 0.605. The first-order valence-electron chi connectivity index (χ1n) is 3.21. The minimum Gasteiger partial charge on any atom is -0.469 e. The van der Waals surface area contributed by atoms with Crippen LogP contribution in [0.15, 0.2) is 4.99 Å². The highest BCUT2D eigenvalue weighted by Crippen LogP contribution is 1.88. The molecule has 0 aromatic carbocycles. The van der Waals surface area contributed by atoms with E-state index < -0.39 is 0 Å². The molecule has 0 bridgehead atoms. The molecule has 62 valence electrons. The number of nitrogens with zero attached hydrogens (tertiary/aromatic N) is 1. The van der Waals surface area contributed by atoms with Gasteiger partial charge in [0.2, 0.25) is 0 Å². The standard InChI is InChI=1S/C7H11NO2S/c1-6(8-3-4-11)5-7(9)10-2/h4H,3,5H2,1-2H3. The number of methoxy groups -OCH3 is 1. The highest BCUT2D eigenvalue weighted by atomic mass is 32.1. The lowest BCUT2D eigenvalue weighted by Crippen LogP contribution is -2.06. The molecule has 0 unspecified atom stereocenters. The summed E-state index contributed by atoms with van der Waals surface area (Å²) in [4.78, 5) is 14.6. The van der Waals surface area contributed by atoms with Gasteiger partial charge in [-0.1, -0.05) is 12.2 Å². The zero-order valence-electron chi connectivity index (χ0n) is 6.66. The number of ether oxygens (including phenoxy) is 1. The van der Waals surface area contributed by atoms with E-state index in [-0.39, 0.29) is 12.4 Å². The van der Waals surface area contributed by atoms with Crippen LogP contribution in [-0.2, 0) is 9.53 Å². The van der Waals surface area contributed by atoms with Crippen molar-refractivity contribution in [3.63, 3.8) is 0 Å². The minimum atomic E-state index is -0.268. The van der Waals surface area contributed by atoms with E-state index in [4.69, 9.17) is 0 Å². The number of carbonyl (C=O) groups is 1. The third-order valence-electron chi connectivity index (χ3n) is 1.06. The van der Waals surface area contributed by atoms with Crippen molar-refractivity contribution in [3.05, 3.63) is 0 Å². The van der Waals surface area contributed by atoms with Gasteiger partial charge in [-0.2, -0.15) is 0 Å². The zero-order valence-corrected chi connectivity index (χ0v) is 7.48. The van der Waals surface area contributed by atoms with Crippen molar-refractivity contribution in [2.45, 2.75) is 13.3 Å². The summed E-state index contributed by atoms with van der Waals surface area (Å²) in [6.45, 7) is 2.26. The molecule has 4 heteroatoms. The van der Waals surface area contributed by atoms with E-state index in [0.29, 0.717) is 6.54 Å². The third-order valence-corrected chi connectivity index (χ3v) is 1.21. The van der Waals surface area contributed by atoms with Gasteiger partial charge in [-0.25, -0.2) is 0 Å². The van der Waals surface area contributed by atoms with Gasteiger partial charge in [0.25, 0.3) is 0 Å². The number of thiocarbonyl (C=S) groups is 1. The predicted molar refractivity (Wildman–Crippen MR) is 48.3 cm³/mol. The van der Waals surface area contributed by atoms with Crippen molar-refractivity contribution in [1.29, 1.82) is 0 Å². The van der Waals surface area contributed by atoms with Crippen molar-refractivity contribution in [1.82, 2.24) is 0 Å². The van der Waals surface area contributed by atoms with Gasteiger partial charge in [-0.15, -0.1) is 0 Å². The summed E-state index contributed by atoms with van der Waals surface area (Å²) < 4.78 is 4.44. The number of carbonyl (C=O) groups excluding carboxylic acids is 1. The molecule has 0 radical (unpaired) electrons. The minimum absolute atomic E-state index is 0.250. The van der Waals surface area contributed by atoms with Crippen LogP contribution in [-0.4, -0.2) is 30.7 Å². The van der Waals surface area contributed by atoms with Crippen LogP contribution in [0.2, 0.25) is 0 Å². The summed E-state index contributed by atoms with van der Waals surface area (Å²) in [5.74, 6) is -0.268. The Labute approximate surface area is 71.5 Å². The van der Waals surface area contributed by atoms with E-state index in [2.05, 4.69) is 21.9 Å². The summed E-state index contributed by atoms with van der Waals surface area (Å²) in [6.07, 6.45) is 0.250. The van der Waals surface area contributed by atoms with Crippen LogP contribution in [0.5, 0.6) is 0 Å². The van der Waals surface area contributed by atoms with E-state index in [9.17, 15) is 4.79 Å². The van der Waals surface area contributed by atoms with E-state index in [1.807, 2.05) is 0 Å². The van der Waals surface area contributed by atoms with Gasteiger partial charge >= 0.3 is 5.97 Å². The molecule has 0 aromatic heterocycles. The van der Waals surface area contributed by atoms with Crippen LogP contribution in [0.25, 0.3) is 0 Å². The maximum atomic E-state index is 10.6. The fourth-order valence-electron chi connectivity index (χ4n) is 0.530. The van der Waals surface area contributed by atoms with E-state index in [0.717, 1.165) is 5.71 Å². The molecule has 0 heterocycles. The number of aliphatic imine (C=N–C) groups is 1. The van der Waals surface area contributed by atoms with Gasteiger partial charge < -0.3 is 4.74 Å². The number of hydrogen-bond acceptors (Lipinski definition) is 4. The molecule has 3 nitrogen and oxygen atoms in total. The molecule has 0 aliphatic rings. The Morgan fingerprint density at radius 3 is 2.82 bits per heavy atom. The smallest absolute Gasteiger partial charge is 0.311 e. The van der Waals surface area contributed by atoms with E-state index >= 15 is 0 Å². The van der Waals surface area contributed by atoms with Crippen molar-refractivity contribution in [3.8, 4) is 0 Å². The topological polar surface area (TPSA) is 38.7 Å². The molecule has 0 aliphatic heterocycles. The summed E-state index contributed by atoms with van der Waals surface area (Å²) >= 11 is 4.56. The average Bonchev–Trinajstić information content (AvgIpc) is 2.00. The van der Waals surface area contributed by atoms with Gasteiger partial charge in [0, 0.05) is 11.1 Å². The second kappa shape index (κ2) is 5.97. The molecule has 0 spiro atoms. The molecular weight excluding hydrogens is 162 g/mol. The molecular formula is C7H11NO2S. The zero-order chi connectivity index (χ0) is 8.69. The molecule has 11 heavy (non-hydrogen) atoms. The van der Waals surface area contributed by atoms with E-state index in [1.165, 1.54) is 12.5 Å². The Balaban J connectivity index is 3.75. The van der Waals surface area contributed by atoms with Crippen LogP contribution in [0, 0.1) is 0 Å². The molecule has 0 saturated carbocycles. The highest BCUT2D eigenvalue weighted by molar-refractivity contribution is 7.79. The number of esters is 1. The molecule has 0 rings (SSSR count). The lowest BCUT2D eigenvalue weighted by Gasteiger charge is -1.96. The largest absolute Gasteiger partial charge is 0.469 e. The Morgan fingerprint density at radius 1 is 1.73 bits per heavy atom. The maximum Gasteiger partial charge on any atom is 0.311 e. The first-order chi connectivity index (χ1) is 5.20. The Hall–Kier alpha value is -0.770. The Bertz CT molecular complexity index is 177. The quantitative estimate of drug-likeness (QED) is 0.362. The molecule has 0 saturated heterocycles. The monoisotopic (exact) mass is 173 g/mol. The number of hydrogen-bond donors (Lipinski definition) is 0. The number of rotatable bonds is 4. The fraction of sp³-hybridized carbons (Fsp3) is 0.571. The van der Waals surface area contributed by atoms with Crippen LogP contribution >= 0.6 is 12.2 Å². The van der Waals surface area contributed by atoms with Gasteiger partial charge in [0.15, 0.2) is 0 Å². The second-order valence-corrected chi connectivity index (χ2v) is 2.33. The molecule has 0 amide bonds. The van der Waals surface area contributed by atoms with Crippen LogP contribution in [0.4, 0.5) is 0 Å². The van der Waals surface area contributed by atoms with Crippen molar-refractivity contribution in [2.75, 3.05) is 13.7 Å². The molecule has 0 aliphatic carbocycles. The van der Waals surface area contributed by atoms with Gasteiger partial charge in [0.1, 0.15) is 0 Å². The van der Waals surface area contributed by atoms with E-state index in [1.54, 1.807) is 6.92 Å². The Kier molecular flexibility index (Phi) is 5.56. The van der Waals surface area contributed by atoms with Crippen LogP contribution < -0.4 is 0 Å². The second-order valence-electron chi connectivity index (χ2n) is 2.00. The molecule has 0 fully saturated rings. The van der Waals surface area contributed by atoms with Gasteiger partial charge in [-0.3, -0.25) is 9.79 Å².